The molecule has 4 heteroatoms. The van der Waals surface area contributed by atoms with E-state index >= 15 is 0 Å². The van der Waals surface area contributed by atoms with Crippen LogP contribution in [0.4, 0.5) is 0 Å². The summed E-state index contributed by atoms with van der Waals surface area (Å²) >= 11 is 7.23. The van der Waals surface area contributed by atoms with Gasteiger partial charge in [-0.15, -0.1) is 23.1 Å². The Hall–Kier alpha value is -1.10. The molecule has 3 rings (SSSR count). The summed E-state index contributed by atoms with van der Waals surface area (Å²) in [5.74, 6) is 0.917. The van der Waals surface area contributed by atoms with E-state index in [1.807, 2.05) is 23.9 Å². The van der Waals surface area contributed by atoms with Crippen LogP contribution in [0.1, 0.15) is 9.88 Å². The Labute approximate surface area is 141 Å². The minimum atomic E-state index is 0.917. The van der Waals surface area contributed by atoms with Gasteiger partial charge in [-0.1, -0.05) is 52.3 Å². The second-order valence-corrected chi connectivity index (χ2v) is 7.78. The van der Waals surface area contributed by atoms with E-state index in [2.05, 4.69) is 65.3 Å². The lowest BCUT2D eigenvalue weighted by molar-refractivity contribution is 1.25. The molecule has 0 unspecified atom stereocenters. The highest BCUT2D eigenvalue weighted by Crippen LogP contribution is 2.34. The molecule has 3 aromatic rings. The van der Waals surface area contributed by atoms with E-state index in [0.29, 0.717) is 0 Å². The van der Waals surface area contributed by atoms with E-state index < -0.39 is 0 Å². The van der Waals surface area contributed by atoms with Crippen molar-refractivity contribution >= 4 is 39.0 Å². The lowest BCUT2D eigenvalue weighted by Crippen LogP contribution is -1.84. The van der Waals surface area contributed by atoms with Gasteiger partial charge in [0.1, 0.15) is 5.01 Å². The van der Waals surface area contributed by atoms with E-state index in [1.54, 1.807) is 11.3 Å². The van der Waals surface area contributed by atoms with Crippen LogP contribution in [0.2, 0.25) is 0 Å². The number of aryl methyl sites for hydroxylation is 1. The molecule has 1 nitrogen and oxygen atoms in total. The first kappa shape index (κ1) is 14.8. The molecular weight excluding hydrogens is 362 g/mol. The molecule has 0 atom stereocenters. The van der Waals surface area contributed by atoms with Gasteiger partial charge in [0.2, 0.25) is 0 Å². The summed E-state index contributed by atoms with van der Waals surface area (Å²) in [7, 11) is 0. The average molecular weight is 376 g/mol. The van der Waals surface area contributed by atoms with Crippen LogP contribution in [0.25, 0.3) is 11.3 Å². The lowest BCUT2D eigenvalue weighted by Gasteiger charge is -2.01. The van der Waals surface area contributed by atoms with E-state index in [4.69, 9.17) is 4.98 Å². The van der Waals surface area contributed by atoms with Crippen molar-refractivity contribution < 1.29 is 0 Å². The summed E-state index contributed by atoms with van der Waals surface area (Å²) in [6.07, 6.45) is 0. The van der Waals surface area contributed by atoms with Crippen LogP contribution >= 0.6 is 39.0 Å². The first-order chi connectivity index (χ1) is 10.2. The molecule has 0 aliphatic rings. The van der Waals surface area contributed by atoms with Gasteiger partial charge in [-0.3, -0.25) is 0 Å². The molecule has 2 aromatic carbocycles. The minimum absolute atomic E-state index is 0.917. The molecule has 106 valence electrons. The Balaban J connectivity index is 1.80. The van der Waals surface area contributed by atoms with Crippen molar-refractivity contribution in [3.63, 3.8) is 0 Å². The Morgan fingerprint density at radius 2 is 1.76 bits per heavy atom. The molecule has 0 N–H and O–H groups in total. The summed E-state index contributed by atoms with van der Waals surface area (Å²) in [5, 5.41) is 1.17. The summed E-state index contributed by atoms with van der Waals surface area (Å²) < 4.78 is 1.10. The molecule has 0 aliphatic heterocycles. The highest BCUT2D eigenvalue weighted by atomic mass is 79.9. The standard InChI is InChI=1S/C17H14BrNS2/c1-12-17(14-9-5-6-10-15(14)18)19-16(21-12)11-20-13-7-3-2-4-8-13/h2-10H,11H2,1H3. The molecule has 1 heterocycles. The zero-order chi connectivity index (χ0) is 14.7. The number of hydrogen-bond acceptors (Lipinski definition) is 3. The monoisotopic (exact) mass is 375 g/mol. The van der Waals surface area contributed by atoms with Crippen molar-refractivity contribution in [1.29, 1.82) is 0 Å². The van der Waals surface area contributed by atoms with Gasteiger partial charge in [0.25, 0.3) is 0 Å². The summed E-state index contributed by atoms with van der Waals surface area (Å²) in [6, 6.07) is 18.7. The van der Waals surface area contributed by atoms with Crippen molar-refractivity contribution in [3.8, 4) is 11.3 Å². The Morgan fingerprint density at radius 1 is 1.05 bits per heavy atom. The summed E-state index contributed by atoms with van der Waals surface area (Å²) in [4.78, 5) is 7.38. The fraction of sp³-hybridized carbons (Fsp3) is 0.118. The van der Waals surface area contributed by atoms with Crippen LogP contribution in [0.15, 0.2) is 64.0 Å². The maximum atomic E-state index is 4.82. The van der Waals surface area contributed by atoms with E-state index in [-0.39, 0.29) is 0 Å². The third kappa shape index (κ3) is 3.57. The quantitative estimate of drug-likeness (QED) is 0.505. The van der Waals surface area contributed by atoms with Gasteiger partial charge in [0, 0.05) is 19.8 Å². The first-order valence-electron chi connectivity index (χ1n) is 6.63. The third-order valence-electron chi connectivity index (χ3n) is 3.08. The number of rotatable bonds is 4. The molecule has 1 aromatic heterocycles. The van der Waals surface area contributed by atoms with Gasteiger partial charge in [0.15, 0.2) is 0 Å². The zero-order valence-corrected chi connectivity index (χ0v) is 14.8. The van der Waals surface area contributed by atoms with Gasteiger partial charge in [-0.25, -0.2) is 4.98 Å². The molecule has 21 heavy (non-hydrogen) atoms. The van der Waals surface area contributed by atoms with Gasteiger partial charge in [0.05, 0.1) is 11.4 Å². The van der Waals surface area contributed by atoms with Crippen molar-refractivity contribution in [3.05, 3.63) is 69.0 Å². The number of thiazole rings is 1. The van der Waals surface area contributed by atoms with E-state index in [1.165, 1.54) is 20.3 Å². The Kier molecular flexibility index (Phi) is 4.78. The summed E-state index contributed by atoms with van der Waals surface area (Å²) in [5.41, 5.74) is 2.26. The van der Waals surface area contributed by atoms with Crippen molar-refractivity contribution in [1.82, 2.24) is 4.98 Å². The molecule has 0 amide bonds. The van der Waals surface area contributed by atoms with Crippen molar-refractivity contribution in [2.75, 3.05) is 0 Å². The van der Waals surface area contributed by atoms with Gasteiger partial charge in [-0.2, -0.15) is 0 Å². The molecule has 0 saturated carbocycles. The number of aromatic nitrogens is 1. The Morgan fingerprint density at radius 3 is 2.52 bits per heavy atom. The number of hydrogen-bond donors (Lipinski definition) is 0. The molecule has 0 bridgehead atoms. The maximum absolute atomic E-state index is 4.82. The molecule has 0 fully saturated rings. The van der Waals surface area contributed by atoms with Gasteiger partial charge >= 0.3 is 0 Å². The normalized spacial score (nSPS) is 10.8. The molecule has 0 spiro atoms. The number of thioether (sulfide) groups is 1. The summed E-state index contributed by atoms with van der Waals surface area (Å²) in [6.45, 7) is 2.14. The highest BCUT2D eigenvalue weighted by molar-refractivity contribution is 9.10. The van der Waals surface area contributed by atoms with Crippen LogP contribution in [0.3, 0.4) is 0 Å². The van der Waals surface area contributed by atoms with E-state index in [0.717, 1.165) is 15.9 Å². The van der Waals surface area contributed by atoms with Crippen LogP contribution in [-0.4, -0.2) is 4.98 Å². The fourth-order valence-electron chi connectivity index (χ4n) is 2.08. The van der Waals surface area contributed by atoms with Crippen molar-refractivity contribution in [2.24, 2.45) is 0 Å². The van der Waals surface area contributed by atoms with Crippen LogP contribution in [-0.2, 0) is 5.75 Å². The zero-order valence-electron chi connectivity index (χ0n) is 11.5. The fourth-order valence-corrected chi connectivity index (χ4v) is 4.41. The lowest BCUT2D eigenvalue weighted by atomic mass is 10.1. The first-order valence-corrected chi connectivity index (χ1v) is 9.22. The highest BCUT2D eigenvalue weighted by Gasteiger charge is 2.12. The predicted molar refractivity (Wildman–Crippen MR) is 96.0 cm³/mol. The van der Waals surface area contributed by atoms with Gasteiger partial charge < -0.3 is 0 Å². The SMILES string of the molecule is Cc1sc(CSc2ccccc2)nc1-c1ccccc1Br. The second-order valence-electron chi connectivity index (χ2n) is 4.59. The Bertz CT molecular complexity index is 738. The van der Waals surface area contributed by atoms with Crippen LogP contribution < -0.4 is 0 Å². The number of nitrogens with zero attached hydrogens (tertiary/aromatic N) is 1. The topological polar surface area (TPSA) is 12.9 Å². The number of halogens is 1. The maximum Gasteiger partial charge on any atom is 0.104 e. The van der Waals surface area contributed by atoms with Gasteiger partial charge in [-0.05, 0) is 25.1 Å². The molecule has 0 radical (unpaired) electrons. The molecule has 0 saturated heterocycles. The number of benzene rings is 2. The molecular formula is C17H14BrNS2. The predicted octanol–water partition coefficient (Wildman–Crippen LogP) is 6.17. The smallest absolute Gasteiger partial charge is 0.104 e. The molecule has 0 aliphatic carbocycles. The van der Waals surface area contributed by atoms with Crippen LogP contribution in [0, 0.1) is 6.92 Å². The van der Waals surface area contributed by atoms with Crippen LogP contribution in [0.5, 0.6) is 0 Å². The minimum Gasteiger partial charge on any atom is -0.240 e. The largest absolute Gasteiger partial charge is 0.240 e. The second kappa shape index (κ2) is 6.77. The third-order valence-corrected chi connectivity index (χ3v) is 5.94. The van der Waals surface area contributed by atoms with Crippen molar-refractivity contribution in [2.45, 2.75) is 17.6 Å². The average Bonchev–Trinajstić information content (AvgIpc) is 2.88. The van der Waals surface area contributed by atoms with E-state index in [9.17, 15) is 0 Å².